The molecule has 0 aliphatic rings. The molecule has 1 aromatic heterocycles. The zero-order valence-corrected chi connectivity index (χ0v) is 8.57. The molecule has 1 aromatic rings. The van der Waals surface area contributed by atoms with Gasteiger partial charge in [0.05, 0.1) is 20.2 Å². The second-order valence-corrected chi connectivity index (χ2v) is 2.90. The summed E-state index contributed by atoms with van der Waals surface area (Å²) in [5.74, 6) is 1.36. The van der Waals surface area contributed by atoms with E-state index in [1.54, 1.807) is 0 Å². The molecule has 0 radical (unpaired) electrons. The highest BCUT2D eigenvalue weighted by atomic mass is 16.5. The van der Waals surface area contributed by atoms with Gasteiger partial charge < -0.3 is 9.30 Å². The Morgan fingerprint density at radius 2 is 2.29 bits per heavy atom. The van der Waals surface area contributed by atoms with Crippen molar-refractivity contribution in [2.45, 2.75) is 13.5 Å². The quantitative estimate of drug-likeness (QED) is 0.653. The lowest BCUT2D eigenvalue weighted by atomic mass is 10.5. The number of methoxy groups -OCH3 is 1. The van der Waals surface area contributed by atoms with Crippen molar-refractivity contribution in [3.8, 4) is 0 Å². The van der Waals surface area contributed by atoms with Crippen molar-refractivity contribution < 1.29 is 9.53 Å². The third-order valence-electron chi connectivity index (χ3n) is 1.96. The average molecular weight is 198 g/mol. The van der Waals surface area contributed by atoms with Crippen LogP contribution < -0.4 is 5.32 Å². The minimum absolute atomic E-state index is 0.183. The maximum atomic E-state index is 10.8. The van der Waals surface area contributed by atoms with Gasteiger partial charge in [-0.2, -0.15) is 0 Å². The van der Waals surface area contributed by atoms with E-state index in [1.165, 1.54) is 7.11 Å². The van der Waals surface area contributed by atoms with Crippen LogP contribution in [0, 0.1) is 6.92 Å². The lowest BCUT2D eigenvalue weighted by Gasteiger charge is -2.02. The zero-order valence-electron chi connectivity index (χ0n) is 8.57. The van der Waals surface area contributed by atoms with Gasteiger partial charge in [-0.3, -0.25) is 10.1 Å². The van der Waals surface area contributed by atoms with Gasteiger partial charge in [-0.1, -0.05) is 0 Å². The molecule has 0 saturated heterocycles. The molecule has 14 heavy (non-hydrogen) atoms. The molecule has 0 bridgehead atoms. The van der Waals surface area contributed by atoms with Gasteiger partial charge in [-0.05, 0) is 6.92 Å². The van der Waals surface area contributed by atoms with Crippen molar-refractivity contribution in [3.63, 3.8) is 0 Å². The molecule has 0 saturated carbocycles. The molecule has 1 N–H and O–H groups in total. The number of carbonyl (C=O) groups is 1. The topological polar surface area (TPSA) is 69.0 Å². The molecule has 1 heterocycles. The van der Waals surface area contributed by atoms with Gasteiger partial charge >= 0.3 is 5.97 Å². The van der Waals surface area contributed by atoms with Crippen LogP contribution in [0.2, 0.25) is 0 Å². The highest BCUT2D eigenvalue weighted by Gasteiger charge is 2.05. The summed E-state index contributed by atoms with van der Waals surface area (Å²) in [6.45, 7) is 2.56. The van der Waals surface area contributed by atoms with Crippen LogP contribution in [-0.4, -0.2) is 34.4 Å². The van der Waals surface area contributed by atoms with E-state index in [0.717, 1.165) is 11.6 Å². The molecule has 0 spiro atoms. The number of rotatable bonds is 4. The maximum Gasteiger partial charge on any atom is 0.319 e. The summed E-state index contributed by atoms with van der Waals surface area (Å²) in [5, 5.41) is 10.7. The standard InChI is InChI=1S/C8H14N4O2/c1-6-10-11-7(12(6)2)4-9-5-8(13)14-3/h9H,4-5H2,1-3H3. The van der Waals surface area contributed by atoms with Gasteiger partial charge in [0.15, 0.2) is 0 Å². The van der Waals surface area contributed by atoms with Gasteiger partial charge in [-0.25, -0.2) is 0 Å². The van der Waals surface area contributed by atoms with Crippen LogP contribution in [0.1, 0.15) is 11.6 Å². The Kier molecular flexibility index (Phi) is 3.58. The predicted molar refractivity (Wildman–Crippen MR) is 49.5 cm³/mol. The van der Waals surface area contributed by atoms with E-state index in [1.807, 2.05) is 18.5 Å². The predicted octanol–water partition coefficient (Wildman–Crippen LogP) is -0.614. The Hall–Kier alpha value is -1.43. The first-order valence-electron chi connectivity index (χ1n) is 4.27. The average Bonchev–Trinajstić information content (AvgIpc) is 2.49. The molecule has 78 valence electrons. The second-order valence-electron chi connectivity index (χ2n) is 2.90. The van der Waals surface area contributed by atoms with Crippen LogP contribution in [0.15, 0.2) is 0 Å². The molecule has 1 rings (SSSR count). The van der Waals surface area contributed by atoms with Crippen LogP contribution in [-0.2, 0) is 23.1 Å². The van der Waals surface area contributed by atoms with E-state index < -0.39 is 0 Å². The summed E-state index contributed by atoms with van der Waals surface area (Å²) in [4.78, 5) is 10.8. The Morgan fingerprint density at radius 1 is 1.57 bits per heavy atom. The molecule has 0 aliphatic carbocycles. The molecule has 6 heteroatoms. The van der Waals surface area contributed by atoms with E-state index in [2.05, 4.69) is 20.3 Å². The van der Waals surface area contributed by atoms with Crippen molar-refractivity contribution in [3.05, 3.63) is 11.6 Å². The minimum atomic E-state index is -0.288. The Bertz CT molecular complexity index is 321. The van der Waals surface area contributed by atoms with Crippen molar-refractivity contribution in [2.75, 3.05) is 13.7 Å². The molecule has 6 nitrogen and oxygen atoms in total. The van der Waals surface area contributed by atoms with E-state index >= 15 is 0 Å². The van der Waals surface area contributed by atoms with Crippen LogP contribution >= 0.6 is 0 Å². The summed E-state index contributed by atoms with van der Waals surface area (Å²) in [5.41, 5.74) is 0. The summed E-state index contributed by atoms with van der Waals surface area (Å²) >= 11 is 0. The summed E-state index contributed by atoms with van der Waals surface area (Å²) in [6, 6.07) is 0. The number of aromatic nitrogens is 3. The van der Waals surface area contributed by atoms with Gasteiger partial charge in [0.2, 0.25) is 0 Å². The zero-order chi connectivity index (χ0) is 10.6. The van der Waals surface area contributed by atoms with E-state index in [0.29, 0.717) is 6.54 Å². The SMILES string of the molecule is COC(=O)CNCc1nnc(C)n1C. The summed E-state index contributed by atoms with van der Waals surface area (Å²) in [7, 11) is 3.24. The minimum Gasteiger partial charge on any atom is -0.468 e. The lowest BCUT2D eigenvalue weighted by molar-refractivity contribution is -0.139. The Labute approximate surface area is 82.3 Å². The van der Waals surface area contributed by atoms with Gasteiger partial charge in [0.1, 0.15) is 11.6 Å². The van der Waals surface area contributed by atoms with E-state index in [9.17, 15) is 4.79 Å². The molecule has 0 amide bonds. The molecule has 0 atom stereocenters. The molecule has 0 fully saturated rings. The van der Waals surface area contributed by atoms with Gasteiger partial charge in [0.25, 0.3) is 0 Å². The van der Waals surface area contributed by atoms with Crippen molar-refractivity contribution in [1.82, 2.24) is 20.1 Å². The number of ether oxygens (including phenoxy) is 1. The largest absolute Gasteiger partial charge is 0.468 e. The van der Waals surface area contributed by atoms with E-state index in [4.69, 9.17) is 0 Å². The van der Waals surface area contributed by atoms with Gasteiger partial charge in [0, 0.05) is 7.05 Å². The fraction of sp³-hybridized carbons (Fsp3) is 0.625. The smallest absolute Gasteiger partial charge is 0.319 e. The van der Waals surface area contributed by atoms with Crippen molar-refractivity contribution >= 4 is 5.97 Å². The van der Waals surface area contributed by atoms with Crippen LogP contribution in [0.4, 0.5) is 0 Å². The summed E-state index contributed by atoms with van der Waals surface area (Å²) < 4.78 is 6.34. The van der Waals surface area contributed by atoms with Crippen LogP contribution in [0.3, 0.4) is 0 Å². The maximum absolute atomic E-state index is 10.8. The number of esters is 1. The number of nitrogens with zero attached hydrogens (tertiary/aromatic N) is 3. The normalized spacial score (nSPS) is 10.2. The number of hydrogen-bond donors (Lipinski definition) is 1. The van der Waals surface area contributed by atoms with E-state index in [-0.39, 0.29) is 12.5 Å². The molecule has 0 aliphatic heterocycles. The number of aryl methyl sites for hydroxylation is 1. The van der Waals surface area contributed by atoms with Crippen LogP contribution in [0.5, 0.6) is 0 Å². The first-order chi connectivity index (χ1) is 6.65. The monoisotopic (exact) mass is 198 g/mol. The Balaban J connectivity index is 2.39. The number of hydrogen-bond acceptors (Lipinski definition) is 5. The number of carbonyl (C=O) groups excluding carboxylic acids is 1. The number of nitrogens with one attached hydrogen (secondary N) is 1. The molecule has 0 aromatic carbocycles. The lowest BCUT2D eigenvalue weighted by Crippen LogP contribution is -2.24. The highest BCUT2D eigenvalue weighted by Crippen LogP contribution is 1.95. The highest BCUT2D eigenvalue weighted by molar-refractivity contribution is 5.71. The molecule has 0 unspecified atom stereocenters. The van der Waals surface area contributed by atoms with Crippen LogP contribution in [0.25, 0.3) is 0 Å². The second kappa shape index (κ2) is 4.71. The van der Waals surface area contributed by atoms with Crippen molar-refractivity contribution in [1.29, 1.82) is 0 Å². The van der Waals surface area contributed by atoms with Gasteiger partial charge in [-0.15, -0.1) is 10.2 Å². The first kappa shape index (κ1) is 10.6. The Morgan fingerprint density at radius 3 is 2.79 bits per heavy atom. The molecular formula is C8H14N4O2. The summed E-state index contributed by atoms with van der Waals surface area (Å²) in [6.07, 6.45) is 0. The first-order valence-corrected chi connectivity index (χ1v) is 4.27. The fourth-order valence-corrected chi connectivity index (χ4v) is 0.953. The third kappa shape index (κ3) is 2.53. The molecular weight excluding hydrogens is 184 g/mol. The third-order valence-corrected chi connectivity index (χ3v) is 1.96. The fourth-order valence-electron chi connectivity index (χ4n) is 0.953. The van der Waals surface area contributed by atoms with Crippen molar-refractivity contribution in [2.24, 2.45) is 7.05 Å².